The molecule has 0 saturated carbocycles. The third kappa shape index (κ3) is 14.0. The molecule has 0 aromatic heterocycles. The van der Waals surface area contributed by atoms with Gasteiger partial charge < -0.3 is 15.9 Å². The van der Waals surface area contributed by atoms with Crippen molar-refractivity contribution in [1.29, 1.82) is 0 Å². The number of hydrogen-bond acceptors (Lipinski definition) is 3. The molecule has 148 valence electrons. The van der Waals surface area contributed by atoms with Gasteiger partial charge in [0.25, 0.3) is 0 Å². The van der Waals surface area contributed by atoms with Crippen molar-refractivity contribution in [1.82, 2.24) is 0 Å². The Bertz CT molecular complexity index is 493. The van der Waals surface area contributed by atoms with Crippen LogP contribution in [0.5, 0.6) is 0 Å². The first-order valence-corrected chi connectivity index (χ1v) is 8.73. The number of amides is 1. The van der Waals surface area contributed by atoms with Gasteiger partial charge in [-0.1, -0.05) is 59.3 Å². The number of nitrogens with two attached hydrogens (primary N) is 1. The van der Waals surface area contributed by atoms with Crippen LogP contribution >= 0.6 is 0 Å². The molecule has 0 atom stereocenters. The molecule has 26 heavy (non-hydrogen) atoms. The molecule has 6 heteroatoms. The molecule has 0 saturated heterocycles. The second kappa shape index (κ2) is 16.1. The van der Waals surface area contributed by atoms with E-state index >= 15 is 0 Å². The largest absolute Gasteiger partial charge is 0.478 e. The lowest BCUT2D eigenvalue weighted by Crippen LogP contribution is -2.09. The average Bonchev–Trinajstić information content (AvgIpc) is 2.57. The van der Waals surface area contributed by atoms with Gasteiger partial charge in [0, 0.05) is 6.42 Å². The minimum atomic E-state index is -1.06. The minimum Gasteiger partial charge on any atom is -0.478 e. The standard InChI is InChI=1S/C11H23NO.C8H6O4.CH4/c1-2-3-4-5-6-7-8-9-10-11(12)13;9-7(10)5-1-2-6(4-3-5)8(11)12;/h2-10H2,1H3,(H2,12,13);1-4H,(H,9,10)(H,11,12);1H4. The SMILES string of the molecule is C.CCCCCCCCCCC(N)=O.O=C(O)c1ccc(C(=O)O)cc1. The summed E-state index contributed by atoms with van der Waals surface area (Å²) in [6.07, 6.45) is 10.7. The fourth-order valence-electron chi connectivity index (χ4n) is 2.19. The molecule has 0 spiro atoms. The molecule has 0 unspecified atom stereocenters. The summed E-state index contributed by atoms with van der Waals surface area (Å²) >= 11 is 0. The van der Waals surface area contributed by atoms with Gasteiger partial charge in [-0.05, 0) is 30.7 Å². The summed E-state index contributed by atoms with van der Waals surface area (Å²) in [5, 5.41) is 16.9. The highest BCUT2D eigenvalue weighted by molar-refractivity contribution is 5.91. The third-order valence-corrected chi connectivity index (χ3v) is 3.66. The maximum Gasteiger partial charge on any atom is 0.335 e. The Balaban J connectivity index is 0. The van der Waals surface area contributed by atoms with Crippen LogP contribution in [0.1, 0.15) is 92.9 Å². The zero-order chi connectivity index (χ0) is 19.1. The summed E-state index contributed by atoms with van der Waals surface area (Å²) in [4.78, 5) is 31.1. The molecule has 0 aliphatic rings. The smallest absolute Gasteiger partial charge is 0.335 e. The highest BCUT2D eigenvalue weighted by Gasteiger charge is 2.04. The van der Waals surface area contributed by atoms with Gasteiger partial charge in [-0.15, -0.1) is 0 Å². The number of carbonyl (C=O) groups is 3. The Labute approximate surface area is 156 Å². The topological polar surface area (TPSA) is 118 Å². The average molecular weight is 367 g/mol. The number of aromatic carboxylic acids is 2. The van der Waals surface area contributed by atoms with E-state index in [0.29, 0.717) is 6.42 Å². The first-order valence-electron chi connectivity index (χ1n) is 8.73. The molecular formula is C20H33NO5. The van der Waals surface area contributed by atoms with Crippen LogP contribution in [0.2, 0.25) is 0 Å². The van der Waals surface area contributed by atoms with Crippen molar-refractivity contribution in [2.45, 2.75) is 72.1 Å². The molecule has 1 amide bonds. The Hall–Kier alpha value is -2.37. The van der Waals surface area contributed by atoms with E-state index in [2.05, 4.69) is 6.92 Å². The fourth-order valence-corrected chi connectivity index (χ4v) is 2.19. The Kier molecular flexibility index (Phi) is 16.0. The van der Waals surface area contributed by atoms with Gasteiger partial charge in [-0.25, -0.2) is 9.59 Å². The highest BCUT2D eigenvalue weighted by Crippen LogP contribution is 2.09. The quantitative estimate of drug-likeness (QED) is 0.489. The summed E-state index contributed by atoms with van der Waals surface area (Å²) in [6, 6.07) is 5.02. The Morgan fingerprint density at radius 1 is 0.769 bits per heavy atom. The summed E-state index contributed by atoms with van der Waals surface area (Å²) in [5.41, 5.74) is 5.20. The van der Waals surface area contributed by atoms with Crippen molar-refractivity contribution in [3.05, 3.63) is 35.4 Å². The molecule has 4 N–H and O–H groups in total. The number of carbonyl (C=O) groups excluding carboxylic acids is 1. The minimum absolute atomic E-state index is 0. The predicted octanol–water partition coefficient (Wildman–Crippen LogP) is 4.72. The van der Waals surface area contributed by atoms with E-state index in [1.165, 1.54) is 62.8 Å². The molecule has 0 fully saturated rings. The molecular weight excluding hydrogens is 334 g/mol. The zero-order valence-electron chi connectivity index (χ0n) is 14.9. The van der Waals surface area contributed by atoms with Crippen molar-refractivity contribution in [3.63, 3.8) is 0 Å². The lowest BCUT2D eigenvalue weighted by molar-refractivity contribution is -0.118. The maximum atomic E-state index is 10.4. The van der Waals surface area contributed by atoms with E-state index in [9.17, 15) is 14.4 Å². The van der Waals surface area contributed by atoms with Gasteiger partial charge in [0.1, 0.15) is 0 Å². The van der Waals surface area contributed by atoms with Crippen LogP contribution in [0.3, 0.4) is 0 Å². The third-order valence-electron chi connectivity index (χ3n) is 3.66. The van der Waals surface area contributed by atoms with Crippen LogP contribution in [0.15, 0.2) is 24.3 Å². The number of primary amides is 1. The van der Waals surface area contributed by atoms with Gasteiger partial charge in [0.05, 0.1) is 11.1 Å². The van der Waals surface area contributed by atoms with Crippen LogP contribution in [0, 0.1) is 0 Å². The highest BCUT2D eigenvalue weighted by atomic mass is 16.4. The van der Waals surface area contributed by atoms with E-state index in [1.807, 2.05) is 0 Å². The summed E-state index contributed by atoms with van der Waals surface area (Å²) in [5.74, 6) is -2.29. The summed E-state index contributed by atoms with van der Waals surface area (Å²) < 4.78 is 0. The van der Waals surface area contributed by atoms with E-state index in [1.54, 1.807) is 0 Å². The lowest BCUT2D eigenvalue weighted by atomic mass is 10.1. The fraction of sp³-hybridized carbons (Fsp3) is 0.550. The normalized spacial score (nSPS) is 9.42. The van der Waals surface area contributed by atoms with Gasteiger partial charge in [0.2, 0.25) is 5.91 Å². The van der Waals surface area contributed by atoms with Gasteiger partial charge in [-0.3, -0.25) is 4.79 Å². The van der Waals surface area contributed by atoms with Crippen LogP contribution in [-0.2, 0) is 4.79 Å². The van der Waals surface area contributed by atoms with Crippen molar-refractivity contribution in [3.8, 4) is 0 Å². The van der Waals surface area contributed by atoms with E-state index in [4.69, 9.17) is 15.9 Å². The van der Waals surface area contributed by atoms with E-state index in [-0.39, 0.29) is 24.5 Å². The van der Waals surface area contributed by atoms with Crippen molar-refractivity contribution in [2.24, 2.45) is 5.73 Å². The molecule has 1 aromatic rings. The molecule has 0 bridgehead atoms. The van der Waals surface area contributed by atoms with E-state index < -0.39 is 11.9 Å². The number of carboxylic acid groups (broad SMARTS) is 2. The van der Waals surface area contributed by atoms with Crippen LogP contribution in [-0.4, -0.2) is 28.1 Å². The number of carboxylic acids is 2. The number of rotatable bonds is 11. The van der Waals surface area contributed by atoms with Crippen molar-refractivity contribution < 1.29 is 24.6 Å². The monoisotopic (exact) mass is 367 g/mol. The summed E-state index contributed by atoms with van der Waals surface area (Å²) in [6.45, 7) is 2.23. The molecule has 0 aliphatic heterocycles. The zero-order valence-corrected chi connectivity index (χ0v) is 14.9. The summed E-state index contributed by atoms with van der Waals surface area (Å²) in [7, 11) is 0. The number of unbranched alkanes of at least 4 members (excludes halogenated alkanes) is 7. The maximum absolute atomic E-state index is 10.4. The first kappa shape index (κ1) is 25.9. The molecule has 1 rings (SSSR count). The van der Waals surface area contributed by atoms with Crippen molar-refractivity contribution >= 4 is 17.8 Å². The van der Waals surface area contributed by atoms with E-state index in [0.717, 1.165) is 12.8 Å². The van der Waals surface area contributed by atoms with Gasteiger partial charge >= 0.3 is 11.9 Å². The second-order valence-corrected chi connectivity index (χ2v) is 5.88. The molecule has 6 nitrogen and oxygen atoms in total. The predicted molar refractivity (Wildman–Crippen MR) is 104 cm³/mol. The molecule has 0 heterocycles. The number of benzene rings is 1. The molecule has 0 aliphatic carbocycles. The van der Waals surface area contributed by atoms with Crippen molar-refractivity contribution in [2.75, 3.05) is 0 Å². The number of hydrogen-bond donors (Lipinski definition) is 3. The molecule has 0 radical (unpaired) electrons. The first-order chi connectivity index (χ1) is 11.9. The molecule has 1 aromatic carbocycles. The van der Waals surface area contributed by atoms with Gasteiger partial charge in [-0.2, -0.15) is 0 Å². The van der Waals surface area contributed by atoms with Gasteiger partial charge in [0.15, 0.2) is 0 Å². The lowest BCUT2D eigenvalue weighted by Gasteiger charge is -1.99. The Morgan fingerprint density at radius 2 is 1.12 bits per heavy atom. The van der Waals surface area contributed by atoms with Crippen LogP contribution in [0.4, 0.5) is 0 Å². The Morgan fingerprint density at radius 3 is 1.42 bits per heavy atom. The van der Waals surface area contributed by atoms with Crippen LogP contribution in [0.25, 0.3) is 0 Å². The van der Waals surface area contributed by atoms with Crippen LogP contribution < -0.4 is 5.73 Å². The second-order valence-electron chi connectivity index (χ2n) is 5.88.